The topological polar surface area (TPSA) is 0 Å². The van der Waals surface area contributed by atoms with E-state index >= 15 is 0 Å². The molecule has 0 amide bonds. The van der Waals surface area contributed by atoms with E-state index in [2.05, 4.69) is 0 Å². The fraction of sp³-hybridized carbons (Fsp3) is 1.00. The van der Waals surface area contributed by atoms with Crippen molar-refractivity contribution in [3.05, 3.63) is 0 Å². The van der Waals surface area contributed by atoms with Crippen molar-refractivity contribution in [1.29, 1.82) is 0 Å². The molecule has 1 radical (unpaired) electrons. The quantitative estimate of drug-likeness (QED) is 0.502. The zero-order chi connectivity index (χ0) is 11.1. The summed E-state index contributed by atoms with van der Waals surface area (Å²) in [4.78, 5) is 0. The van der Waals surface area contributed by atoms with Gasteiger partial charge in [0.25, 0.3) is 0 Å². The van der Waals surface area contributed by atoms with Crippen LogP contribution in [-0.4, -0.2) is 43.3 Å². The molecule has 0 unspecified atom stereocenters. The van der Waals surface area contributed by atoms with Gasteiger partial charge in [-0.25, -0.2) is 8.78 Å². The summed E-state index contributed by atoms with van der Waals surface area (Å²) < 4.78 is 102. The molecule has 0 fully saturated rings. The minimum atomic E-state index is -6.73. The fourth-order valence-corrected chi connectivity index (χ4v) is 0.326. The fourth-order valence-electron chi connectivity index (χ4n) is 0.326. The van der Waals surface area contributed by atoms with Crippen LogP contribution in [0.5, 0.6) is 0 Å². The minimum absolute atomic E-state index is 0. The molecule has 0 N–H and O–H groups in total. The van der Waals surface area contributed by atoms with Crippen LogP contribution >= 0.6 is 0 Å². The van der Waals surface area contributed by atoms with Crippen molar-refractivity contribution in [3.63, 3.8) is 0 Å². The van der Waals surface area contributed by atoms with Crippen LogP contribution in [0.4, 0.5) is 39.5 Å². The second kappa shape index (κ2) is 4.22. The number of rotatable bonds is 2. The molecule has 0 aliphatic rings. The Bertz CT molecular complexity index is 182. The number of hydrogen-bond donors (Lipinski definition) is 0. The van der Waals surface area contributed by atoms with Crippen LogP contribution in [0.1, 0.15) is 0 Å². The Morgan fingerprint density at radius 3 is 1.07 bits per heavy atom. The van der Waals surface area contributed by atoms with E-state index in [0.717, 1.165) is 0 Å². The van der Waals surface area contributed by atoms with Gasteiger partial charge in [0.1, 0.15) is 0 Å². The van der Waals surface area contributed by atoms with Crippen LogP contribution in [0.3, 0.4) is 0 Å². The second-order valence-electron chi connectivity index (χ2n) is 2.00. The maximum atomic E-state index is 11.6. The maximum absolute atomic E-state index is 11.6. The maximum Gasteiger partial charge on any atom is 0.460 e. The summed E-state index contributed by atoms with van der Waals surface area (Å²) in [5.41, 5.74) is 0. The number of alkyl halides is 9. The Balaban J connectivity index is 0. The van der Waals surface area contributed by atoms with Crippen LogP contribution in [0.2, 0.25) is 0 Å². The smallest absolute Gasteiger partial charge is 0.203 e. The summed E-state index contributed by atoms with van der Waals surface area (Å²) in [6.07, 6.45) is -11.8. The molecule has 0 aliphatic heterocycles. The monoisotopic (exact) mass is 227 g/mol. The Kier molecular flexibility index (Phi) is 4.95. The first-order chi connectivity index (χ1) is 5.44. The van der Waals surface area contributed by atoms with E-state index in [1.54, 1.807) is 0 Å². The van der Waals surface area contributed by atoms with Crippen molar-refractivity contribution in [2.75, 3.05) is 0 Å². The first-order valence-electron chi connectivity index (χ1n) is 2.55. The first-order valence-corrected chi connectivity index (χ1v) is 2.55. The summed E-state index contributed by atoms with van der Waals surface area (Å²) in [6, 6.07) is 0. The van der Waals surface area contributed by atoms with E-state index in [1.807, 2.05) is 0 Å². The summed E-state index contributed by atoms with van der Waals surface area (Å²) in [6.45, 7) is 0. The molecule has 0 bridgehead atoms. The molecule has 0 aliphatic carbocycles. The van der Waals surface area contributed by atoms with Gasteiger partial charge in [0.15, 0.2) is 0 Å². The Morgan fingerprint density at radius 2 is 1.00 bits per heavy atom. The number of halogens is 9. The third-order valence-corrected chi connectivity index (χ3v) is 1.05. The van der Waals surface area contributed by atoms with Crippen LogP contribution in [0.25, 0.3) is 0 Å². The molecule has 81 valence electrons. The van der Waals surface area contributed by atoms with Gasteiger partial charge in [0, 0.05) is 18.9 Å². The Hall–Kier alpha value is -0.0326. The molecule has 0 spiro atoms. The van der Waals surface area contributed by atoms with Crippen LogP contribution in [0.15, 0.2) is 0 Å². The van der Waals surface area contributed by atoms with Crippen molar-refractivity contribution in [1.82, 2.24) is 0 Å². The van der Waals surface area contributed by atoms with Gasteiger partial charge < -0.3 is 0 Å². The normalized spacial score (nSPS) is 14.1. The van der Waals surface area contributed by atoms with Gasteiger partial charge in [0.2, 0.25) is 0 Å². The molecule has 0 atom stereocenters. The average Bonchev–Trinajstić information content (AvgIpc) is 1.84. The predicted molar refractivity (Wildman–Crippen MR) is 27.7 cm³/mol. The van der Waals surface area contributed by atoms with E-state index in [1.165, 1.54) is 0 Å². The van der Waals surface area contributed by atoms with Crippen molar-refractivity contribution >= 4 is 18.9 Å². The van der Waals surface area contributed by atoms with Gasteiger partial charge in [-0.1, -0.05) is 0 Å². The van der Waals surface area contributed by atoms with E-state index < -0.39 is 24.4 Å². The standard InChI is InChI=1S/C4HF9.Li/c5-1(6)2(7,8)3(9,10)4(11,12)13;/h1H;. The van der Waals surface area contributed by atoms with Crippen molar-refractivity contribution in [3.8, 4) is 0 Å². The summed E-state index contributed by atoms with van der Waals surface area (Å²) in [5.74, 6) is -13.1. The Morgan fingerprint density at radius 1 is 0.714 bits per heavy atom. The molecular weight excluding hydrogens is 226 g/mol. The minimum Gasteiger partial charge on any atom is -0.203 e. The molecule has 0 saturated carbocycles. The third kappa shape index (κ3) is 2.51. The molecular formula is C4HF9Li. The molecule has 0 aromatic rings. The summed E-state index contributed by atoms with van der Waals surface area (Å²) in [7, 11) is 0. The van der Waals surface area contributed by atoms with Gasteiger partial charge in [0.05, 0.1) is 0 Å². The molecule has 0 aromatic carbocycles. The van der Waals surface area contributed by atoms with E-state index in [4.69, 9.17) is 0 Å². The SMILES string of the molecule is FC(F)C(F)(F)C(F)(F)C(F)(F)F.[Li]. The van der Waals surface area contributed by atoms with Crippen LogP contribution < -0.4 is 0 Å². The van der Waals surface area contributed by atoms with E-state index in [-0.39, 0.29) is 18.9 Å². The van der Waals surface area contributed by atoms with Crippen LogP contribution in [0, 0.1) is 0 Å². The molecule has 0 nitrogen and oxygen atoms in total. The zero-order valence-electron chi connectivity index (χ0n) is 6.48. The third-order valence-electron chi connectivity index (χ3n) is 1.05. The van der Waals surface area contributed by atoms with Gasteiger partial charge in [-0.3, -0.25) is 0 Å². The Labute approximate surface area is 83.6 Å². The molecule has 0 aromatic heterocycles. The van der Waals surface area contributed by atoms with Gasteiger partial charge in [-0.2, -0.15) is 30.7 Å². The molecule has 0 rings (SSSR count). The molecule has 0 heterocycles. The molecule has 14 heavy (non-hydrogen) atoms. The van der Waals surface area contributed by atoms with Crippen molar-refractivity contribution in [2.45, 2.75) is 24.4 Å². The molecule has 10 heteroatoms. The average molecular weight is 227 g/mol. The van der Waals surface area contributed by atoms with Gasteiger partial charge in [-0.15, -0.1) is 0 Å². The van der Waals surface area contributed by atoms with E-state index in [9.17, 15) is 39.5 Å². The second-order valence-corrected chi connectivity index (χ2v) is 2.00. The van der Waals surface area contributed by atoms with Gasteiger partial charge in [-0.05, 0) is 0 Å². The van der Waals surface area contributed by atoms with Crippen LogP contribution in [-0.2, 0) is 0 Å². The summed E-state index contributed by atoms with van der Waals surface area (Å²) in [5, 5.41) is 0. The van der Waals surface area contributed by atoms with Crippen molar-refractivity contribution in [2.24, 2.45) is 0 Å². The first kappa shape index (κ1) is 16.4. The van der Waals surface area contributed by atoms with Gasteiger partial charge >= 0.3 is 24.4 Å². The molecule has 0 saturated heterocycles. The summed E-state index contributed by atoms with van der Waals surface area (Å²) >= 11 is 0. The zero-order valence-corrected chi connectivity index (χ0v) is 6.48. The number of hydrogen-bond acceptors (Lipinski definition) is 0. The predicted octanol–water partition coefficient (Wildman–Crippen LogP) is 2.70. The largest absolute Gasteiger partial charge is 0.460 e. The van der Waals surface area contributed by atoms with E-state index in [0.29, 0.717) is 0 Å². The van der Waals surface area contributed by atoms with Crippen molar-refractivity contribution < 1.29 is 39.5 Å².